The predicted molar refractivity (Wildman–Crippen MR) is 88.5 cm³/mol. The number of benzene rings is 1. The van der Waals surface area contributed by atoms with Gasteiger partial charge >= 0.3 is 0 Å². The second-order valence-electron chi connectivity index (χ2n) is 6.31. The predicted octanol–water partition coefficient (Wildman–Crippen LogP) is 2.56. The van der Waals surface area contributed by atoms with Crippen LogP contribution in [0.5, 0.6) is 0 Å². The van der Waals surface area contributed by atoms with Crippen LogP contribution in [0.4, 0.5) is 5.69 Å². The molecule has 1 saturated heterocycles. The second kappa shape index (κ2) is 6.03. The van der Waals surface area contributed by atoms with Gasteiger partial charge in [0.05, 0.1) is 6.04 Å². The highest BCUT2D eigenvalue weighted by Crippen LogP contribution is 2.37. The minimum atomic E-state index is -0.244. The van der Waals surface area contributed by atoms with Gasteiger partial charge in [-0.2, -0.15) is 0 Å². The van der Waals surface area contributed by atoms with Crippen LogP contribution >= 0.6 is 0 Å². The molecule has 2 amide bonds. The van der Waals surface area contributed by atoms with E-state index in [1.165, 1.54) is 0 Å². The molecule has 1 saturated carbocycles. The molecule has 2 fully saturated rings. The molecule has 0 radical (unpaired) electrons. The SMILES string of the molecule is O=C1CCC(c2cccc(NC(=O)c3ccnc(C4CC4)n3)c2)N1. The van der Waals surface area contributed by atoms with Gasteiger partial charge in [-0.1, -0.05) is 12.1 Å². The maximum absolute atomic E-state index is 12.4. The number of anilines is 1. The molecule has 1 aliphatic heterocycles. The standard InChI is InChI=1S/C18H18N4O2/c23-16-7-6-14(21-16)12-2-1-3-13(10-12)20-18(24)15-8-9-19-17(22-15)11-4-5-11/h1-3,8-11,14H,4-7H2,(H,20,24)(H,21,23). The number of nitrogens with zero attached hydrogens (tertiary/aromatic N) is 2. The van der Waals surface area contributed by atoms with Gasteiger partial charge in [0.25, 0.3) is 5.91 Å². The third-order valence-corrected chi connectivity index (χ3v) is 4.39. The van der Waals surface area contributed by atoms with Crippen LogP contribution in [0.25, 0.3) is 0 Å². The molecule has 1 aliphatic carbocycles. The molecule has 1 aromatic heterocycles. The largest absolute Gasteiger partial charge is 0.349 e. The van der Waals surface area contributed by atoms with E-state index in [1.807, 2.05) is 24.3 Å². The fourth-order valence-corrected chi connectivity index (χ4v) is 2.93. The lowest BCUT2D eigenvalue weighted by atomic mass is 10.0. The van der Waals surface area contributed by atoms with Crippen LogP contribution in [0, 0.1) is 0 Å². The van der Waals surface area contributed by atoms with Gasteiger partial charge in [-0.05, 0) is 43.0 Å². The summed E-state index contributed by atoms with van der Waals surface area (Å²) in [7, 11) is 0. The van der Waals surface area contributed by atoms with Gasteiger partial charge in [-0.25, -0.2) is 9.97 Å². The third-order valence-electron chi connectivity index (χ3n) is 4.39. The van der Waals surface area contributed by atoms with Gasteiger partial charge in [-0.3, -0.25) is 9.59 Å². The average Bonchev–Trinajstić information content (AvgIpc) is 3.36. The zero-order valence-electron chi connectivity index (χ0n) is 13.2. The first-order valence-corrected chi connectivity index (χ1v) is 8.22. The lowest BCUT2D eigenvalue weighted by Crippen LogP contribution is -2.19. The van der Waals surface area contributed by atoms with E-state index in [0.717, 1.165) is 30.7 Å². The summed E-state index contributed by atoms with van der Waals surface area (Å²) in [6, 6.07) is 9.22. The van der Waals surface area contributed by atoms with Crippen molar-refractivity contribution >= 4 is 17.5 Å². The molecule has 4 rings (SSSR count). The quantitative estimate of drug-likeness (QED) is 0.906. The van der Waals surface area contributed by atoms with Crippen molar-refractivity contribution in [3.63, 3.8) is 0 Å². The topological polar surface area (TPSA) is 84.0 Å². The summed E-state index contributed by atoms with van der Waals surface area (Å²) in [4.78, 5) is 32.4. The first-order valence-electron chi connectivity index (χ1n) is 8.22. The average molecular weight is 322 g/mol. The van der Waals surface area contributed by atoms with Crippen molar-refractivity contribution in [1.82, 2.24) is 15.3 Å². The molecule has 2 N–H and O–H groups in total. The second-order valence-corrected chi connectivity index (χ2v) is 6.31. The van der Waals surface area contributed by atoms with E-state index in [1.54, 1.807) is 12.3 Å². The number of carbonyl (C=O) groups excluding carboxylic acids is 2. The Morgan fingerprint density at radius 2 is 2.08 bits per heavy atom. The number of rotatable bonds is 4. The van der Waals surface area contributed by atoms with Gasteiger partial charge in [0, 0.05) is 24.2 Å². The number of nitrogens with one attached hydrogen (secondary N) is 2. The van der Waals surface area contributed by atoms with E-state index in [2.05, 4.69) is 20.6 Å². The minimum absolute atomic E-state index is 0.0230. The monoisotopic (exact) mass is 322 g/mol. The molecule has 1 aromatic carbocycles. The fraction of sp³-hybridized carbons (Fsp3) is 0.333. The van der Waals surface area contributed by atoms with Crippen LogP contribution < -0.4 is 10.6 Å². The van der Waals surface area contributed by atoms with E-state index in [-0.39, 0.29) is 17.9 Å². The maximum Gasteiger partial charge on any atom is 0.274 e. The Balaban J connectivity index is 1.49. The number of amides is 2. The molecule has 0 bridgehead atoms. The summed E-state index contributed by atoms with van der Waals surface area (Å²) >= 11 is 0. The van der Waals surface area contributed by atoms with Gasteiger partial charge in [0.2, 0.25) is 5.91 Å². The highest BCUT2D eigenvalue weighted by atomic mass is 16.2. The van der Waals surface area contributed by atoms with Crippen molar-refractivity contribution in [3.05, 3.63) is 53.6 Å². The molecule has 0 spiro atoms. The Morgan fingerprint density at radius 1 is 1.21 bits per heavy atom. The van der Waals surface area contributed by atoms with Crippen molar-refractivity contribution in [1.29, 1.82) is 0 Å². The molecule has 24 heavy (non-hydrogen) atoms. The van der Waals surface area contributed by atoms with Crippen LogP contribution in [0.15, 0.2) is 36.5 Å². The fourth-order valence-electron chi connectivity index (χ4n) is 2.93. The number of carbonyl (C=O) groups is 2. The first-order chi connectivity index (χ1) is 11.7. The van der Waals surface area contributed by atoms with E-state index in [0.29, 0.717) is 23.7 Å². The normalized spacial score (nSPS) is 19.8. The first kappa shape index (κ1) is 14.8. The van der Waals surface area contributed by atoms with Gasteiger partial charge < -0.3 is 10.6 Å². The van der Waals surface area contributed by atoms with Crippen molar-refractivity contribution in [2.24, 2.45) is 0 Å². The highest BCUT2D eigenvalue weighted by molar-refractivity contribution is 6.02. The molecule has 2 heterocycles. The van der Waals surface area contributed by atoms with Crippen molar-refractivity contribution in [2.45, 2.75) is 37.6 Å². The Bertz CT molecular complexity index is 801. The van der Waals surface area contributed by atoms with Gasteiger partial charge in [-0.15, -0.1) is 0 Å². The Morgan fingerprint density at radius 3 is 2.83 bits per heavy atom. The van der Waals surface area contributed by atoms with Crippen molar-refractivity contribution < 1.29 is 9.59 Å². The smallest absolute Gasteiger partial charge is 0.274 e. The Kier molecular flexibility index (Phi) is 3.72. The van der Waals surface area contributed by atoms with Crippen molar-refractivity contribution in [3.8, 4) is 0 Å². The molecular weight excluding hydrogens is 304 g/mol. The minimum Gasteiger partial charge on any atom is -0.349 e. The number of hydrogen-bond acceptors (Lipinski definition) is 4. The Hall–Kier alpha value is -2.76. The summed E-state index contributed by atoms with van der Waals surface area (Å²) in [5.74, 6) is 0.993. The summed E-state index contributed by atoms with van der Waals surface area (Å²) < 4.78 is 0. The maximum atomic E-state index is 12.4. The third kappa shape index (κ3) is 3.13. The van der Waals surface area contributed by atoms with E-state index >= 15 is 0 Å². The van der Waals surface area contributed by atoms with Crippen LogP contribution in [-0.2, 0) is 4.79 Å². The zero-order chi connectivity index (χ0) is 16.5. The molecule has 6 nitrogen and oxygen atoms in total. The number of hydrogen-bond donors (Lipinski definition) is 2. The Labute approximate surface area is 139 Å². The van der Waals surface area contributed by atoms with Gasteiger partial charge in [0.15, 0.2) is 0 Å². The van der Waals surface area contributed by atoms with E-state index in [4.69, 9.17) is 0 Å². The van der Waals surface area contributed by atoms with Crippen molar-refractivity contribution in [2.75, 3.05) is 5.32 Å². The van der Waals surface area contributed by atoms with E-state index in [9.17, 15) is 9.59 Å². The molecule has 1 unspecified atom stereocenters. The lowest BCUT2D eigenvalue weighted by molar-refractivity contribution is -0.119. The molecule has 6 heteroatoms. The van der Waals surface area contributed by atoms with Gasteiger partial charge in [0.1, 0.15) is 11.5 Å². The molecular formula is C18H18N4O2. The highest BCUT2D eigenvalue weighted by Gasteiger charge is 2.27. The van der Waals surface area contributed by atoms with Crippen LogP contribution in [0.1, 0.15) is 59.5 Å². The molecule has 1 atom stereocenters. The summed E-state index contributed by atoms with van der Waals surface area (Å²) in [6.45, 7) is 0. The summed E-state index contributed by atoms with van der Waals surface area (Å²) in [6.07, 6.45) is 5.17. The lowest BCUT2D eigenvalue weighted by Gasteiger charge is -2.12. The molecule has 2 aliphatic rings. The summed E-state index contributed by atoms with van der Waals surface area (Å²) in [5.41, 5.74) is 2.08. The van der Waals surface area contributed by atoms with Crippen LogP contribution in [0.3, 0.4) is 0 Å². The summed E-state index contributed by atoms with van der Waals surface area (Å²) in [5, 5.41) is 5.81. The molecule has 122 valence electrons. The molecule has 2 aromatic rings. The number of aromatic nitrogens is 2. The van der Waals surface area contributed by atoms with Crippen LogP contribution in [-0.4, -0.2) is 21.8 Å². The van der Waals surface area contributed by atoms with Crippen LogP contribution in [0.2, 0.25) is 0 Å². The zero-order valence-corrected chi connectivity index (χ0v) is 13.2. The van der Waals surface area contributed by atoms with E-state index < -0.39 is 0 Å².